The monoisotopic (exact) mass is 289 g/mol. The van der Waals surface area contributed by atoms with Gasteiger partial charge in [-0.1, -0.05) is 0 Å². The molecule has 0 unspecified atom stereocenters. The second-order valence-corrected chi connectivity index (χ2v) is 6.30. The third-order valence-corrected chi connectivity index (χ3v) is 4.10. The van der Waals surface area contributed by atoms with E-state index in [2.05, 4.69) is 30.5 Å². The number of aryl methyl sites for hydroxylation is 1. The molecule has 2 heterocycles. The minimum Gasteiger partial charge on any atom is -0.352 e. The van der Waals surface area contributed by atoms with Crippen molar-refractivity contribution in [3.8, 4) is 0 Å². The molecule has 0 bridgehead atoms. The van der Waals surface area contributed by atoms with Gasteiger partial charge in [-0.05, 0) is 19.8 Å². The Kier molecular flexibility index (Phi) is 3.93. The molecule has 0 spiro atoms. The number of hydrogen-bond acceptors (Lipinski definition) is 6. The lowest BCUT2D eigenvalue weighted by molar-refractivity contribution is 0.670. The summed E-state index contributed by atoms with van der Waals surface area (Å²) in [5.74, 6) is 0.894. The molecule has 0 saturated heterocycles. The second-order valence-electron chi connectivity index (χ2n) is 5.24. The Morgan fingerprint density at radius 1 is 1.30 bits per heavy atom. The quantitative estimate of drug-likeness (QED) is 0.883. The number of rotatable bonds is 6. The number of thiazole rings is 1. The van der Waals surface area contributed by atoms with Crippen LogP contribution in [0.2, 0.25) is 0 Å². The van der Waals surface area contributed by atoms with Crippen LogP contribution < -0.4 is 10.2 Å². The molecular formula is C14H19N5S. The van der Waals surface area contributed by atoms with Gasteiger partial charge in [0.15, 0.2) is 0 Å². The van der Waals surface area contributed by atoms with Crippen LogP contribution in [0.3, 0.4) is 0 Å². The van der Waals surface area contributed by atoms with Gasteiger partial charge in [0.2, 0.25) is 0 Å². The van der Waals surface area contributed by atoms with Gasteiger partial charge in [-0.2, -0.15) is 0 Å². The Hall–Kier alpha value is -1.53. The lowest BCUT2D eigenvalue weighted by atomic mass is 10.4. The highest BCUT2D eigenvalue weighted by molar-refractivity contribution is 7.09. The molecule has 1 saturated carbocycles. The summed E-state index contributed by atoms with van der Waals surface area (Å²) in [5, 5.41) is 6.65. The van der Waals surface area contributed by atoms with E-state index in [4.69, 9.17) is 0 Å². The standard InChI is InChI=1S/C14H19N5S/c1-10-17-13(9-20-10)8-19(2)14-7-15-5-12(18-14)6-16-11-3-4-11/h5,7,9,11,16H,3-4,6,8H2,1-2H3. The third-order valence-electron chi connectivity index (χ3n) is 3.28. The van der Waals surface area contributed by atoms with Crippen molar-refractivity contribution >= 4 is 17.2 Å². The van der Waals surface area contributed by atoms with Crippen molar-refractivity contribution in [1.29, 1.82) is 0 Å². The summed E-state index contributed by atoms with van der Waals surface area (Å²) < 4.78 is 0. The lowest BCUT2D eigenvalue weighted by Crippen LogP contribution is -2.21. The maximum absolute atomic E-state index is 4.65. The maximum atomic E-state index is 4.65. The Labute approximate surface area is 123 Å². The first-order chi connectivity index (χ1) is 9.70. The highest BCUT2D eigenvalue weighted by atomic mass is 32.1. The van der Waals surface area contributed by atoms with E-state index in [1.807, 2.05) is 20.2 Å². The molecule has 0 aromatic carbocycles. The van der Waals surface area contributed by atoms with Gasteiger partial charge >= 0.3 is 0 Å². The first kappa shape index (κ1) is 13.5. The van der Waals surface area contributed by atoms with Gasteiger partial charge < -0.3 is 10.2 Å². The third kappa shape index (κ3) is 3.52. The van der Waals surface area contributed by atoms with Crippen LogP contribution in [-0.2, 0) is 13.1 Å². The molecule has 20 heavy (non-hydrogen) atoms. The van der Waals surface area contributed by atoms with Crippen molar-refractivity contribution in [2.45, 2.75) is 38.9 Å². The molecule has 2 aromatic rings. The molecule has 0 atom stereocenters. The van der Waals surface area contributed by atoms with Crippen LogP contribution in [0.1, 0.15) is 29.2 Å². The van der Waals surface area contributed by atoms with Crippen LogP contribution in [0, 0.1) is 6.92 Å². The predicted octanol–water partition coefficient (Wildman–Crippen LogP) is 2.13. The predicted molar refractivity (Wildman–Crippen MR) is 80.9 cm³/mol. The Morgan fingerprint density at radius 2 is 2.15 bits per heavy atom. The van der Waals surface area contributed by atoms with E-state index in [1.54, 1.807) is 17.5 Å². The van der Waals surface area contributed by atoms with E-state index in [1.165, 1.54) is 12.8 Å². The van der Waals surface area contributed by atoms with Crippen molar-refractivity contribution < 1.29 is 0 Å². The van der Waals surface area contributed by atoms with E-state index in [0.717, 1.165) is 35.3 Å². The van der Waals surface area contributed by atoms with Gasteiger partial charge in [0.1, 0.15) is 5.82 Å². The molecule has 2 aromatic heterocycles. The van der Waals surface area contributed by atoms with Gasteiger partial charge in [0.25, 0.3) is 0 Å². The zero-order chi connectivity index (χ0) is 13.9. The zero-order valence-corrected chi connectivity index (χ0v) is 12.7. The molecule has 106 valence electrons. The summed E-state index contributed by atoms with van der Waals surface area (Å²) >= 11 is 1.68. The average molecular weight is 289 g/mol. The van der Waals surface area contributed by atoms with Crippen LogP contribution in [0.4, 0.5) is 5.82 Å². The first-order valence-electron chi connectivity index (χ1n) is 6.87. The summed E-state index contributed by atoms with van der Waals surface area (Å²) in [6, 6.07) is 0.691. The number of nitrogens with one attached hydrogen (secondary N) is 1. The Morgan fingerprint density at radius 3 is 2.85 bits per heavy atom. The molecule has 3 rings (SSSR count). The second kappa shape index (κ2) is 5.85. The highest BCUT2D eigenvalue weighted by Crippen LogP contribution is 2.19. The van der Waals surface area contributed by atoms with Gasteiger partial charge in [-0.25, -0.2) is 9.97 Å². The summed E-state index contributed by atoms with van der Waals surface area (Å²) in [6.07, 6.45) is 6.21. The summed E-state index contributed by atoms with van der Waals surface area (Å²) in [4.78, 5) is 15.5. The van der Waals surface area contributed by atoms with Crippen molar-refractivity contribution in [3.63, 3.8) is 0 Å². The minimum atomic E-state index is 0.691. The smallest absolute Gasteiger partial charge is 0.147 e. The fourth-order valence-corrected chi connectivity index (χ4v) is 2.61. The first-order valence-corrected chi connectivity index (χ1v) is 7.75. The number of aromatic nitrogens is 3. The van der Waals surface area contributed by atoms with Gasteiger partial charge in [-0.15, -0.1) is 11.3 Å². The van der Waals surface area contributed by atoms with Crippen LogP contribution in [0.25, 0.3) is 0 Å². The molecule has 1 aliphatic carbocycles. The SMILES string of the molecule is Cc1nc(CN(C)c2cncc(CNC3CC3)n2)cs1. The van der Waals surface area contributed by atoms with Crippen molar-refractivity contribution in [1.82, 2.24) is 20.3 Å². The molecule has 6 heteroatoms. The molecule has 1 aliphatic rings. The number of nitrogens with zero attached hydrogens (tertiary/aromatic N) is 4. The number of hydrogen-bond donors (Lipinski definition) is 1. The summed E-state index contributed by atoms with van der Waals surface area (Å²) in [7, 11) is 2.02. The van der Waals surface area contributed by atoms with Crippen LogP contribution >= 0.6 is 11.3 Å². The van der Waals surface area contributed by atoms with Gasteiger partial charge in [-0.3, -0.25) is 4.98 Å². The Bertz CT molecular complexity index is 578. The van der Waals surface area contributed by atoms with E-state index >= 15 is 0 Å². The molecule has 1 N–H and O–H groups in total. The van der Waals surface area contributed by atoms with E-state index in [-0.39, 0.29) is 0 Å². The van der Waals surface area contributed by atoms with E-state index < -0.39 is 0 Å². The van der Waals surface area contributed by atoms with Crippen LogP contribution in [0.15, 0.2) is 17.8 Å². The maximum Gasteiger partial charge on any atom is 0.147 e. The normalized spacial score (nSPS) is 14.5. The zero-order valence-electron chi connectivity index (χ0n) is 11.8. The summed E-state index contributed by atoms with van der Waals surface area (Å²) in [6.45, 7) is 3.59. The molecule has 5 nitrogen and oxygen atoms in total. The summed E-state index contributed by atoms with van der Waals surface area (Å²) in [5.41, 5.74) is 2.08. The minimum absolute atomic E-state index is 0.691. The highest BCUT2D eigenvalue weighted by Gasteiger charge is 2.20. The molecule has 1 fully saturated rings. The molecule has 0 aliphatic heterocycles. The van der Waals surface area contributed by atoms with Gasteiger partial charge in [0, 0.05) is 31.2 Å². The lowest BCUT2D eigenvalue weighted by Gasteiger charge is -2.17. The topological polar surface area (TPSA) is 53.9 Å². The fourth-order valence-electron chi connectivity index (χ4n) is 2.01. The fraction of sp³-hybridized carbons (Fsp3) is 0.500. The largest absolute Gasteiger partial charge is 0.352 e. The average Bonchev–Trinajstić information content (AvgIpc) is 3.19. The van der Waals surface area contributed by atoms with E-state index in [9.17, 15) is 0 Å². The van der Waals surface area contributed by atoms with Crippen molar-refractivity contribution in [2.75, 3.05) is 11.9 Å². The van der Waals surface area contributed by atoms with Crippen molar-refractivity contribution in [3.05, 3.63) is 34.2 Å². The molecular weight excluding hydrogens is 270 g/mol. The van der Waals surface area contributed by atoms with E-state index in [0.29, 0.717) is 6.04 Å². The number of anilines is 1. The molecule has 0 radical (unpaired) electrons. The Balaban J connectivity index is 1.63. The van der Waals surface area contributed by atoms with Gasteiger partial charge in [0.05, 0.1) is 29.1 Å². The molecule has 0 amide bonds. The van der Waals surface area contributed by atoms with Crippen molar-refractivity contribution in [2.24, 2.45) is 0 Å². The van der Waals surface area contributed by atoms with Crippen LogP contribution in [0.5, 0.6) is 0 Å². The van der Waals surface area contributed by atoms with Crippen LogP contribution in [-0.4, -0.2) is 28.0 Å².